The second-order valence-corrected chi connectivity index (χ2v) is 4.69. The fourth-order valence-corrected chi connectivity index (χ4v) is 2.00. The summed E-state index contributed by atoms with van der Waals surface area (Å²) in [6.07, 6.45) is 1.69. The Morgan fingerprint density at radius 3 is 2.10 bits per heavy atom. The van der Waals surface area contributed by atoms with E-state index in [0.717, 1.165) is 24.2 Å². The first kappa shape index (κ1) is 16.0. The highest BCUT2D eigenvalue weighted by Crippen LogP contribution is 2.17. The van der Waals surface area contributed by atoms with E-state index in [2.05, 4.69) is 6.92 Å². The van der Waals surface area contributed by atoms with Gasteiger partial charge in [-0.2, -0.15) is 0 Å². The van der Waals surface area contributed by atoms with Crippen LogP contribution in [-0.4, -0.2) is 35.2 Å². The summed E-state index contributed by atoms with van der Waals surface area (Å²) in [6.45, 7) is 3.34. The molecule has 1 rings (SSSR count). The lowest BCUT2D eigenvalue weighted by molar-refractivity contribution is -0.137. The van der Waals surface area contributed by atoms with Gasteiger partial charge in [0.05, 0.1) is 6.42 Å². The minimum atomic E-state index is -0.803. The van der Waals surface area contributed by atoms with Crippen molar-refractivity contribution in [2.24, 2.45) is 0 Å². The number of aliphatic carboxylic acids is 2. The average molecular weight is 279 g/mol. The fraction of sp³-hybridized carbons (Fsp3) is 0.467. The molecule has 5 heteroatoms. The third-order valence-corrected chi connectivity index (χ3v) is 3.02. The molecule has 110 valence electrons. The Morgan fingerprint density at radius 1 is 1.00 bits per heavy atom. The summed E-state index contributed by atoms with van der Waals surface area (Å²) in [5, 5.41) is 17.4. The molecule has 1 aromatic rings. The molecule has 0 aliphatic rings. The van der Waals surface area contributed by atoms with E-state index in [1.165, 1.54) is 0 Å². The van der Waals surface area contributed by atoms with Crippen LogP contribution in [0.4, 0.5) is 5.69 Å². The maximum atomic E-state index is 10.7. The van der Waals surface area contributed by atoms with Gasteiger partial charge in [0.1, 0.15) is 0 Å². The molecule has 1 aromatic carbocycles. The van der Waals surface area contributed by atoms with Crippen LogP contribution >= 0.6 is 0 Å². The van der Waals surface area contributed by atoms with E-state index in [4.69, 9.17) is 10.2 Å². The standard InChI is InChI=1S/C15H21NO4/c1-2-10-16(11-9-15(19)20)13-6-3-12(4-7-13)5-8-14(17)18/h3-4,6-7H,2,5,8-11H2,1H3,(H,17,18)(H,19,20). The van der Waals surface area contributed by atoms with Crippen molar-refractivity contribution < 1.29 is 19.8 Å². The van der Waals surface area contributed by atoms with E-state index in [9.17, 15) is 9.59 Å². The number of rotatable bonds is 9. The maximum Gasteiger partial charge on any atom is 0.305 e. The molecular weight excluding hydrogens is 258 g/mol. The van der Waals surface area contributed by atoms with E-state index in [0.29, 0.717) is 13.0 Å². The zero-order valence-electron chi connectivity index (χ0n) is 11.7. The van der Waals surface area contributed by atoms with Crippen LogP contribution in [-0.2, 0) is 16.0 Å². The molecule has 5 nitrogen and oxygen atoms in total. The molecule has 0 unspecified atom stereocenters. The van der Waals surface area contributed by atoms with Gasteiger partial charge in [0.2, 0.25) is 0 Å². The summed E-state index contributed by atoms with van der Waals surface area (Å²) >= 11 is 0. The highest BCUT2D eigenvalue weighted by molar-refractivity contribution is 5.68. The van der Waals surface area contributed by atoms with Gasteiger partial charge in [-0.3, -0.25) is 9.59 Å². The normalized spacial score (nSPS) is 10.2. The predicted molar refractivity (Wildman–Crippen MR) is 77.2 cm³/mol. The van der Waals surface area contributed by atoms with Crippen molar-refractivity contribution in [1.29, 1.82) is 0 Å². The third kappa shape index (κ3) is 5.73. The molecule has 2 N–H and O–H groups in total. The van der Waals surface area contributed by atoms with Crippen LogP contribution in [0.1, 0.15) is 31.7 Å². The second kappa shape index (κ2) is 8.19. The quantitative estimate of drug-likeness (QED) is 0.725. The first-order valence-electron chi connectivity index (χ1n) is 6.80. The van der Waals surface area contributed by atoms with Crippen LogP contribution in [0.2, 0.25) is 0 Å². The summed E-state index contributed by atoms with van der Waals surface area (Å²) in [4.78, 5) is 23.2. The summed E-state index contributed by atoms with van der Waals surface area (Å²) in [5.41, 5.74) is 1.96. The molecule has 0 saturated carbocycles. The molecule has 0 aliphatic heterocycles. The van der Waals surface area contributed by atoms with E-state index in [1.807, 2.05) is 29.2 Å². The number of carboxylic acids is 2. The lowest BCUT2D eigenvalue weighted by Crippen LogP contribution is -2.26. The lowest BCUT2D eigenvalue weighted by atomic mass is 10.1. The highest BCUT2D eigenvalue weighted by atomic mass is 16.4. The van der Waals surface area contributed by atoms with Gasteiger partial charge in [-0.25, -0.2) is 0 Å². The van der Waals surface area contributed by atoms with Gasteiger partial charge in [0.15, 0.2) is 0 Å². The fourth-order valence-electron chi connectivity index (χ4n) is 2.00. The summed E-state index contributed by atoms with van der Waals surface area (Å²) in [5.74, 6) is -1.60. The van der Waals surface area contributed by atoms with Crippen molar-refractivity contribution in [3.63, 3.8) is 0 Å². The zero-order valence-corrected chi connectivity index (χ0v) is 11.7. The predicted octanol–water partition coefficient (Wildman–Crippen LogP) is 2.39. The number of anilines is 1. The van der Waals surface area contributed by atoms with E-state index in [1.54, 1.807) is 0 Å². The topological polar surface area (TPSA) is 77.8 Å². The van der Waals surface area contributed by atoms with Gasteiger partial charge in [-0.15, -0.1) is 0 Å². The van der Waals surface area contributed by atoms with Crippen LogP contribution in [0, 0.1) is 0 Å². The van der Waals surface area contributed by atoms with E-state index >= 15 is 0 Å². The molecule has 0 saturated heterocycles. The number of hydrogen-bond donors (Lipinski definition) is 2. The van der Waals surface area contributed by atoms with Gasteiger partial charge < -0.3 is 15.1 Å². The molecule has 20 heavy (non-hydrogen) atoms. The Balaban J connectivity index is 2.66. The van der Waals surface area contributed by atoms with Crippen molar-refractivity contribution in [3.05, 3.63) is 29.8 Å². The first-order valence-corrected chi connectivity index (χ1v) is 6.80. The molecular formula is C15H21NO4. The molecule has 0 amide bonds. The largest absolute Gasteiger partial charge is 0.481 e. The molecule has 0 aliphatic carbocycles. The van der Waals surface area contributed by atoms with Gasteiger partial charge in [-0.1, -0.05) is 19.1 Å². The number of benzene rings is 1. The third-order valence-electron chi connectivity index (χ3n) is 3.02. The molecule has 0 bridgehead atoms. The Kier molecular flexibility index (Phi) is 6.56. The van der Waals surface area contributed by atoms with Gasteiger partial charge >= 0.3 is 11.9 Å². The average Bonchev–Trinajstić information content (AvgIpc) is 2.41. The van der Waals surface area contributed by atoms with Crippen LogP contribution in [0.15, 0.2) is 24.3 Å². The Morgan fingerprint density at radius 2 is 1.60 bits per heavy atom. The smallest absolute Gasteiger partial charge is 0.305 e. The number of aryl methyl sites for hydroxylation is 1. The summed E-state index contributed by atoms with van der Waals surface area (Å²) in [7, 11) is 0. The molecule has 0 atom stereocenters. The zero-order chi connectivity index (χ0) is 15.0. The van der Waals surface area contributed by atoms with Crippen molar-refractivity contribution in [1.82, 2.24) is 0 Å². The first-order chi connectivity index (χ1) is 9.52. The van der Waals surface area contributed by atoms with Crippen molar-refractivity contribution >= 4 is 17.6 Å². The number of nitrogens with zero attached hydrogens (tertiary/aromatic N) is 1. The van der Waals surface area contributed by atoms with Crippen molar-refractivity contribution in [2.45, 2.75) is 32.6 Å². The minimum Gasteiger partial charge on any atom is -0.481 e. The minimum absolute atomic E-state index is 0.112. The van der Waals surface area contributed by atoms with Gasteiger partial charge in [0, 0.05) is 25.2 Å². The Hall–Kier alpha value is -2.04. The monoisotopic (exact) mass is 279 g/mol. The molecule has 0 spiro atoms. The Labute approximate surface area is 118 Å². The van der Waals surface area contributed by atoms with Crippen LogP contribution in [0.5, 0.6) is 0 Å². The molecule has 0 fully saturated rings. The molecule has 0 radical (unpaired) electrons. The SMILES string of the molecule is CCCN(CCC(=O)O)c1ccc(CCC(=O)O)cc1. The number of carboxylic acid groups (broad SMARTS) is 2. The Bertz CT molecular complexity index is 442. The molecule has 0 heterocycles. The summed E-state index contributed by atoms with van der Waals surface area (Å²) in [6, 6.07) is 7.66. The summed E-state index contributed by atoms with van der Waals surface area (Å²) < 4.78 is 0. The van der Waals surface area contributed by atoms with Crippen LogP contribution in [0.25, 0.3) is 0 Å². The number of carbonyl (C=O) groups is 2. The van der Waals surface area contributed by atoms with Crippen LogP contribution in [0.3, 0.4) is 0 Å². The highest BCUT2D eigenvalue weighted by Gasteiger charge is 2.08. The van der Waals surface area contributed by atoms with Crippen LogP contribution < -0.4 is 4.90 Å². The van der Waals surface area contributed by atoms with Crippen molar-refractivity contribution in [2.75, 3.05) is 18.0 Å². The maximum absolute atomic E-state index is 10.7. The number of hydrogen-bond acceptors (Lipinski definition) is 3. The van der Waals surface area contributed by atoms with Gasteiger partial charge in [0.25, 0.3) is 0 Å². The molecule has 0 aromatic heterocycles. The second-order valence-electron chi connectivity index (χ2n) is 4.69. The van der Waals surface area contributed by atoms with Gasteiger partial charge in [-0.05, 0) is 30.5 Å². The van der Waals surface area contributed by atoms with E-state index < -0.39 is 11.9 Å². The lowest BCUT2D eigenvalue weighted by Gasteiger charge is -2.23. The van der Waals surface area contributed by atoms with Crippen molar-refractivity contribution in [3.8, 4) is 0 Å². The van der Waals surface area contributed by atoms with E-state index in [-0.39, 0.29) is 12.8 Å².